The van der Waals surface area contributed by atoms with E-state index in [2.05, 4.69) is 121 Å². The zero-order chi connectivity index (χ0) is 23.4. The fourth-order valence-corrected chi connectivity index (χ4v) is 14.2. The Bertz CT molecular complexity index is 1210. The van der Waals surface area contributed by atoms with Crippen molar-refractivity contribution in [3.63, 3.8) is 0 Å². The Balaban J connectivity index is 1.65. The normalized spacial score (nSPS) is 21.3. The first-order chi connectivity index (χ1) is 16.6. The van der Waals surface area contributed by atoms with Crippen molar-refractivity contribution >= 4 is 48.5 Å². The summed E-state index contributed by atoms with van der Waals surface area (Å²) in [7, 11) is 5.48. The smallest absolute Gasteiger partial charge is 0.0566 e. The molecule has 4 aromatic carbocycles. The van der Waals surface area contributed by atoms with Crippen molar-refractivity contribution in [2.75, 3.05) is 6.16 Å². The van der Waals surface area contributed by atoms with Gasteiger partial charge in [-0.3, -0.25) is 7.57 Å². The van der Waals surface area contributed by atoms with Gasteiger partial charge in [0.15, 0.2) is 0 Å². The van der Waals surface area contributed by atoms with E-state index >= 15 is 0 Å². The van der Waals surface area contributed by atoms with Crippen molar-refractivity contribution in [1.29, 1.82) is 0 Å². The van der Waals surface area contributed by atoms with E-state index in [1.165, 1.54) is 40.5 Å². The van der Waals surface area contributed by atoms with Crippen LogP contribution >= 0.6 is 13.2 Å². The van der Waals surface area contributed by atoms with E-state index < -0.39 is 13.2 Å². The lowest BCUT2D eigenvalue weighted by Gasteiger charge is -2.45. The van der Waals surface area contributed by atoms with Crippen LogP contribution in [-0.2, 0) is 11.8 Å². The van der Waals surface area contributed by atoms with Gasteiger partial charge in [-0.05, 0) is 72.3 Å². The summed E-state index contributed by atoms with van der Waals surface area (Å²) in [4.78, 5) is 0. The summed E-state index contributed by atoms with van der Waals surface area (Å²) in [6, 6.07) is 41.9. The molecule has 4 aromatic rings. The second-order valence-corrected chi connectivity index (χ2v) is 17.7. The van der Waals surface area contributed by atoms with Crippen LogP contribution in [0.3, 0.4) is 0 Å². The van der Waals surface area contributed by atoms with Crippen molar-refractivity contribution < 1.29 is 0 Å². The van der Waals surface area contributed by atoms with E-state index in [4.69, 9.17) is 19.4 Å². The summed E-state index contributed by atoms with van der Waals surface area (Å²) in [6.07, 6.45) is 4.65. The maximum atomic E-state index is 7.71. The van der Waals surface area contributed by atoms with Crippen molar-refractivity contribution in [2.24, 2.45) is 0 Å². The molecule has 1 heterocycles. The molecule has 0 nitrogen and oxygen atoms in total. The first-order valence-electron chi connectivity index (χ1n) is 12.1. The van der Waals surface area contributed by atoms with Gasteiger partial charge in [0.25, 0.3) is 0 Å². The van der Waals surface area contributed by atoms with Gasteiger partial charge in [-0.2, -0.15) is 7.14 Å². The third kappa shape index (κ3) is 4.49. The van der Waals surface area contributed by atoms with Gasteiger partial charge >= 0.3 is 0 Å². The molecule has 0 spiro atoms. The largest absolute Gasteiger partial charge is 0.291 e. The molecule has 1 saturated heterocycles. The van der Waals surface area contributed by atoms with Gasteiger partial charge < -0.3 is 0 Å². The Morgan fingerprint density at radius 3 is 1.74 bits per heavy atom. The predicted molar refractivity (Wildman–Crippen MR) is 157 cm³/mol. The first kappa shape index (κ1) is 23.8. The van der Waals surface area contributed by atoms with E-state index in [0.717, 1.165) is 6.42 Å². The molecule has 3 radical (unpaired) electrons. The molecule has 0 amide bonds. The molecule has 2 unspecified atom stereocenters. The van der Waals surface area contributed by atoms with E-state index in [0.29, 0.717) is 5.66 Å². The van der Waals surface area contributed by atoms with Crippen molar-refractivity contribution in [3.05, 3.63) is 127 Å². The van der Waals surface area contributed by atoms with Crippen LogP contribution in [0.15, 0.2) is 121 Å². The van der Waals surface area contributed by atoms with Crippen LogP contribution in [0.5, 0.6) is 0 Å². The van der Waals surface area contributed by atoms with Crippen molar-refractivity contribution in [1.82, 2.24) is 0 Å². The molecular formula is C30H30BP2S. The Labute approximate surface area is 211 Å². The molecule has 1 aliphatic heterocycles. The molecule has 5 rings (SSSR count). The van der Waals surface area contributed by atoms with E-state index in [1.54, 1.807) is 0 Å². The second kappa shape index (κ2) is 10.3. The number of hydrogen-bond donors (Lipinski definition) is 0. The molecule has 169 valence electrons. The highest BCUT2D eigenvalue weighted by molar-refractivity contribution is 8.18. The number of benzene rings is 4. The first-order valence-corrected chi connectivity index (χ1v) is 17.1. The summed E-state index contributed by atoms with van der Waals surface area (Å²) in [6.45, 7) is 0. The van der Waals surface area contributed by atoms with Gasteiger partial charge in [-0.1, -0.05) is 109 Å². The molecule has 1 aliphatic rings. The highest BCUT2D eigenvalue weighted by atomic mass is 32.4. The predicted octanol–water partition coefficient (Wildman–Crippen LogP) is 6.84. The standard InChI is InChI=1S/C30H30BP2S/c31-33(27-18-9-3-10-19-27,28-20-11-4-12-21-28)30(25-14-5-1-6-15-25)24-29-22-13-23-32(29,34)26-16-7-2-8-17-26/h1-12,14-21,29-30H,13,22-24H2/t29?,30-,32?/m0/s1. The molecule has 4 heteroatoms. The average molecular weight is 495 g/mol. The number of rotatable bonds is 7. The summed E-state index contributed by atoms with van der Waals surface area (Å²) in [5.41, 5.74) is 2.09. The van der Waals surface area contributed by atoms with Crippen molar-refractivity contribution in [3.8, 4) is 0 Å². The summed E-state index contributed by atoms with van der Waals surface area (Å²) >= 11 is 6.56. The minimum absolute atomic E-state index is 0.229. The summed E-state index contributed by atoms with van der Waals surface area (Å²) < 4.78 is 0. The van der Waals surface area contributed by atoms with E-state index in [1.807, 2.05) is 0 Å². The second-order valence-electron chi connectivity index (χ2n) is 9.26. The Kier molecular flexibility index (Phi) is 7.22. The zero-order valence-electron chi connectivity index (χ0n) is 19.4. The molecule has 34 heavy (non-hydrogen) atoms. The Morgan fingerprint density at radius 1 is 0.735 bits per heavy atom. The third-order valence-electron chi connectivity index (χ3n) is 7.35. The molecule has 3 atom stereocenters. The molecule has 1 fully saturated rings. The molecular weight excluding hydrogens is 465 g/mol. The monoisotopic (exact) mass is 495 g/mol. The van der Waals surface area contributed by atoms with Crippen LogP contribution < -0.4 is 15.9 Å². The van der Waals surface area contributed by atoms with Crippen LogP contribution in [0.1, 0.15) is 30.5 Å². The third-order valence-corrected chi connectivity index (χ3v) is 17.0. The Hall–Kier alpha value is -1.98. The minimum Gasteiger partial charge on any atom is -0.291 e. The van der Waals surface area contributed by atoms with Gasteiger partial charge in [-0.25, -0.2) is 0 Å². The SMILES string of the molecule is [B-][P+](c1ccccc1)(c1ccccc1)[C@@H](CC1CCCP1(=S)c1ccccc1)c1ccccc1. The van der Waals surface area contributed by atoms with Gasteiger partial charge in [0, 0.05) is 10.6 Å². The number of hydrogen-bond acceptors (Lipinski definition) is 1. The van der Waals surface area contributed by atoms with Gasteiger partial charge in [-0.15, -0.1) is 0 Å². The van der Waals surface area contributed by atoms with Gasteiger partial charge in [0.05, 0.1) is 5.66 Å². The topological polar surface area (TPSA) is 0 Å². The fraction of sp³-hybridized carbons (Fsp3) is 0.200. The lowest BCUT2D eigenvalue weighted by atomic mass is 10.1. The van der Waals surface area contributed by atoms with Gasteiger partial charge in [0.1, 0.15) is 0 Å². The van der Waals surface area contributed by atoms with E-state index in [9.17, 15) is 0 Å². The molecule has 0 aromatic heterocycles. The lowest BCUT2D eigenvalue weighted by molar-refractivity contribution is 0.698. The molecule has 0 N–H and O–H groups in total. The fourth-order valence-electron chi connectivity index (χ4n) is 5.59. The van der Waals surface area contributed by atoms with Crippen LogP contribution in [0.4, 0.5) is 0 Å². The summed E-state index contributed by atoms with van der Waals surface area (Å²) in [5, 5.41) is 3.93. The van der Waals surface area contributed by atoms with Crippen LogP contribution in [0.25, 0.3) is 0 Å². The summed E-state index contributed by atoms with van der Waals surface area (Å²) in [5.74, 6) is 0. The molecule has 0 bridgehead atoms. The molecule has 0 aliphatic carbocycles. The maximum absolute atomic E-state index is 7.71. The zero-order valence-corrected chi connectivity index (χ0v) is 22.0. The minimum atomic E-state index is -2.24. The highest BCUT2D eigenvalue weighted by Crippen LogP contribution is 2.69. The van der Waals surface area contributed by atoms with Crippen LogP contribution in [-0.4, -0.2) is 19.4 Å². The molecule has 0 saturated carbocycles. The van der Waals surface area contributed by atoms with Crippen LogP contribution in [0.2, 0.25) is 0 Å². The van der Waals surface area contributed by atoms with E-state index in [-0.39, 0.29) is 5.66 Å². The maximum Gasteiger partial charge on any atom is 0.0566 e. The van der Waals surface area contributed by atoms with Crippen molar-refractivity contribution in [2.45, 2.75) is 30.6 Å². The van der Waals surface area contributed by atoms with Crippen LogP contribution in [0, 0.1) is 0 Å². The lowest BCUT2D eigenvalue weighted by Crippen LogP contribution is -2.29. The Morgan fingerprint density at radius 2 is 1.21 bits per heavy atom. The average Bonchev–Trinajstić information content (AvgIpc) is 3.30. The van der Waals surface area contributed by atoms with Gasteiger partial charge in [0.2, 0.25) is 0 Å². The highest BCUT2D eigenvalue weighted by Gasteiger charge is 2.42. The quantitative estimate of drug-likeness (QED) is 0.200.